The van der Waals surface area contributed by atoms with Gasteiger partial charge in [0.1, 0.15) is 17.3 Å². The average molecular weight is 482 g/mol. The Balaban J connectivity index is 0.00000289. The van der Waals surface area contributed by atoms with E-state index in [9.17, 15) is 9.18 Å². The molecule has 4 nitrogen and oxygen atoms in total. The molecule has 0 bridgehead atoms. The smallest absolute Gasteiger partial charge is 0.551 e. The molecule has 1 heterocycles. The molecule has 1 amide bonds. The second-order valence-corrected chi connectivity index (χ2v) is 7.81. The van der Waals surface area contributed by atoms with Gasteiger partial charge in [-0.2, -0.15) is 6.42 Å². The van der Waals surface area contributed by atoms with Crippen molar-refractivity contribution in [2.45, 2.75) is 12.8 Å². The summed E-state index contributed by atoms with van der Waals surface area (Å²) in [5.74, 6) is 1.10. The van der Waals surface area contributed by atoms with Gasteiger partial charge in [-0.05, 0) is 55.3 Å². The van der Waals surface area contributed by atoms with Gasteiger partial charge in [0.25, 0.3) is 5.91 Å². The zero-order chi connectivity index (χ0) is 21.8. The topological polar surface area (TPSA) is 47.6 Å². The molecule has 1 N–H and O–H groups in total. The van der Waals surface area contributed by atoms with Gasteiger partial charge in [-0.15, -0.1) is 11.6 Å². The van der Waals surface area contributed by atoms with E-state index in [1.54, 1.807) is 42.5 Å². The van der Waals surface area contributed by atoms with Crippen molar-refractivity contribution in [2.75, 3.05) is 13.2 Å². The first-order valence-electron chi connectivity index (χ1n) is 9.80. The van der Waals surface area contributed by atoms with Crippen LogP contribution in [0, 0.1) is 12.2 Å². The Morgan fingerprint density at radius 3 is 2.66 bits per heavy atom. The molecule has 0 fully saturated rings. The van der Waals surface area contributed by atoms with E-state index in [2.05, 4.69) is 11.7 Å². The fourth-order valence-corrected chi connectivity index (χ4v) is 3.74. The van der Waals surface area contributed by atoms with Crippen LogP contribution in [0.2, 0.25) is 10.0 Å². The molecule has 0 aliphatic carbocycles. The fraction of sp³-hybridized carbons (Fsp3) is 0.167. The minimum atomic E-state index is -0.382. The predicted molar refractivity (Wildman–Crippen MR) is 119 cm³/mol. The van der Waals surface area contributed by atoms with Crippen LogP contribution in [0.15, 0.2) is 54.6 Å². The molecule has 1 aliphatic rings. The van der Waals surface area contributed by atoms with Crippen LogP contribution in [-0.2, 0) is 6.42 Å². The van der Waals surface area contributed by atoms with Crippen LogP contribution in [-0.4, -0.2) is 19.1 Å². The standard InChI is InChI=1S/C24H19Cl2FNO3.Na/c25-19-4-1-5-21(27)18(19)10-11-28-24(29)15-6-8-17(9-7-15)31-23-14-22-16(13-20(23)26)3-2-12-30-22;/h1,3-9,13-14H,2,10-12H2,(H,28,29);/q-1;+1. The molecule has 4 rings (SSSR count). The van der Waals surface area contributed by atoms with Gasteiger partial charge >= 0.3 is 29.6 Å². The number of halogens is 3. The summed E-state index contributed by atoms with van der Waals surface area (Å²) in [6, 6.07) is 14.8. The normalized spacial score (nSPS) is 12.0. The summed E-state index contributed by atoms with van der Waals surface area (Å²) < 4.78 is 25.3. The summed E-state index contributed by atoms with van der Waals surface area (Å²) in [5.41, 5.74) is 1.80. The first kappa shape index (κ1) is 24.7. The van der Waals surface area contributed by atoms with Crippen molar-refractivity contribution in [3.63, 3.8) is 0 Å². The monoisotopic (exact) mass is 481 g/mol. The predicted octanol–water partition coefficient (Wildman–Crippen LogP) is 3.24. The molecule has 0 radical (unpaired) electrons. The number of fused-ring (bicyclic) bond motifs is 1. The van der Waals surface area contributed by atoms with E-state index in [1.165, 1.54) is 6.07 Å². The Hall–Kier alpha value is -1.89. The van der Waals surface area contributed by atoms with Crippen LogP contribution in [0.1, 0.15) is 27.9 Å². The van der Waals surface area contributed by atoms with Gasteiger partial charge in [-0.1, -0.05) is 29.3 Å². The molecule has 0 saturated carbocycles. The van der Waals surface area contributed by atoms with Crippen molar-refractivity contribution in [1.82, 2.24) is 5.32 Å². The van der Waals surface area contributed by atoms with Crippen LogP contribution < -0.4 is 44.3 Å². The number of hydrogen-bond acceptors (Lipinski definition) is 3. The third-order valence-corrected chi connectivity index (χ3v) is 5.52. The molecule has 160 valence electrons. The number of carbonyl (C=O) groups excluding carboxylic acids is 1. The second-order valence-electron chi connectivity index (χ2n) is 6.99. The Labute approximate surface area is 218 Å². The summed E-state index contributed by atoms with van der Waals surface area (Å²) in [5, 5.41) is 3.60. The average Bonchev–Trinajstić information content (AvgIpc) is 2.76. The molecule has 0 unspecified atom stereocenters. The van der Waals surface area contributed by atoms with E-state index in [1.807, 2.05) is 6.07 Å². The Morgan fingerprint density at radius 2 is 1.91 bits per heavy atom. The van der Waals surface area contributed by atoms with Crippen molar-refractivity contribution in [1.29, 1.82) is 0 Å². The number of hydrogen-bond donors (Lipinski definition) is 1. The molecule has 0 spiro atoms. The SMILES string of the molecule is O=C(NCCc1c(F)cccc1Cl)c1ccc(Oc2cc3c(cc2Cl)[CH-]CCO3)cc1.[Na+]. The molecule has 32 heavy (non-hydrogen) atoms. The van der Waals surface area contributed by atoms with Crippen LogP contribution in [0.25, 0.3) is 0 Å². The van der Waals surface area contributed by atoms with E-state index >= 15 is 0 Å². The summed E-state index contributed by atoms with van der Waals surface area (Å²) >= 11 is 12.3. The largest absolute Gasteiger partial charge is 1.00 e. The van der Waals surface area contributed by atoms with Gasteiger partial charge in [-0.25, -0.2) is 4.39 Å². The summed E-state index contributed by atoms with van der Waals surface area (Å²) in [7, 11) is 0. The Morgan fingerprint density at radius 1 is 1.12 bits per heavy atom. The van der Waals surface area contributed by atoms with Gasteiger partial charge < -0.3 is 14.8 Å². The van der Waals surface area contributed by atoms with Crippen molar-refractivity contribution >= 4 is 29.1 Å². The van der Waals surface area contributed by atoms with Crippen molar-refractivity contribution < 1.29 is 48.2 Å². The molecule has 0 aromatic heterocycles. The minimum absolute atomic E-state index is 0. The minimum Gasteiger partial charge on any atom is -0.551 e. The summed E-state index contributed by atoms with van der Waals surface area (Å²) in [4.78, 5) is 12.4. The van der Waals surface area contributed by atoms with Gasteiger partial charge in [0, 0.05) is 33.5 Å². The first-order valence-corrected chi connectivity index (χ1v) is 10.6. The number of rotatable bonds is 6. The third kappa shape index (κ3) is 5.91. The fourth-order valence-electron chi connectivity index (χ4n) is 3.27. The Bertz CT molecular complexity index is 1090. The molecule has 0 saturated heterocycles. The number of benzene rings is 3. The van der Waals surface area contributed by atoms with E-state index < -0.39 is 0 Å². The maximum Gasteiger partial charge on any atom is 1.00 e. The molecular formula is C24H19Cl2FNNaO3. The van der Waals surface area contributed by atoms with Crippen molar-refractivity contribution in [2.24, 2.45) is 0 Å². The van der Waals surface area contributed by atoms with Gasteiger partial charge in [0.05, 0.1) is 6.61 Å². The number of carbonyl (C=O) groups is 1. The third-order valence-electron chi connectivity index (χ3n) is 4.87. The van der Waals surface area contributed by atoms with E-state index in [4.69, 9.17) is 32.7 Å². The molecule has 1 aliphatic heterocycles. The van der Waals surface area contributed by atoms with Crippen molar-refractivity contribution in [3.05, 3.63) is 93.6 Å². The van der Waals surface area contributed by atoms with Gasteiger partial charge in [0.2, 0.25) is 0 Å². The molecule has 3 aromatic rings. The van der Waals surface area contributed by atoms with Crippen LogP contribution in [0.4, 0.5) is 4.39 Å². The molecule has 3 aromatic carbocycles. The van der Waals surface area contributed by atoms with Gasteiger partial charge in [0.15, 0.2) is 0 Å². The van der Waals surface area contributed by atoms with Crippen LogP contribution in [0.5, 0.6) is 17.2 Å². The maximum absolute atomic E-state index is 13.8. The van der Waals surface area contributed by atoms with Crippen LogP contribution >= 0.6 is 23.2 Å². The van der Waals surface area contributed by atoms with E-state index in [-0.39, 0.29) is 47.8 Å². The van der Waals surface area contributed by atoms with E-state index in [0.717, 1.165) is 17.7 Å². The first-order chi connectivity index (χ1) is 15.0. The molecule has 8 heteroatoms. The summed E-state index contributed by atoms with van der Waals surface area (Å²) in [6.07, 6.45) is 3.22. The maximum atomic E-state index is 13.8. The number of nitrogens with one attached hydrogen (secondary N) is 1. The zero-order valence-electron chi connectivity index (χ0n) is 17.5. The van der Waals surface area contributed by atoms with Gasteiger partial charge in [-0.3, -0.25) is 4.79 Å². The molecular weight excluding hydrogens is 463 g/mol. The quantitative estimate of drug-likeness (QED) is 0.434. The molecule has 0 atom stereocenters. The summed E-state index contributed by atoms with van der Waals surface area (Å²) in [6.45, 7) is 0.889. The van der Waals surface area contributed by atoms with E-state index in [0.29, 0.717) is 45.7 Å². The Kier molecular flexibility index (Phi) is 8.74. The number of amides is 1. The zero-order valence-corrected chi connectivity index (χ0v) is 21.0. The second kappa shape index (κ2) is 11.3. The van der Waals surface area contributed by atoms with Crippen molar-refractivity contribution in [3.8, 4) is 17.2 Å². The van der Waals surface area contributed by atoms with Crippen LogP contribution in [0.3, 0.4) is 0 Å². The number of ether oxygens (including phenoxy) is 2.